The van der Waals surface area contributed by atoms with Crippen molar-refractivity contribution in [2.24, 2.45) is 0 Å². The van der Waals surface area contributed by atoms with Gasteiger partial charge in [-0.2, -0.15) is 5.10 Å². The first-order valence-electron chi connectivity index (χ1n) is 9.93. The van der Waals surface area contributed by atoms with Crippen molar-refractivity contribution in [2.75, 3.05) is 32.1 Å². The molecule has 2 atom stereocenters. The van der Waals surface area contributed by atoms with Crippen LogP contribution in [0.4, 0.5) is 5.82 Å². The number of benzene rings is 1. The lowest BCUT2D eigenvalue weighted by Gasteiger charge is -2.25. The number of amides is 1. The third kappa shape index (κ3) is 4.87. The molecule has 3 rings (SSSR count). The summed E-state index contributed by atoms with van der Waals surface area (Å²) in [6.45, 7) is 7.83. The number of aryl methyl sites for hydroxylation is 1. The maximum absolute atomic E-state index is 12.7. The number of anilines is 1. The van der Waals surface area contributed by atoms with E-state index in [9.17, 15) is 4.79 Å². The molecule has 1 aromatic carbocycles. The van der Waals surface area contributed by atoms with Gasteiger partial charge in [0.05, 0.1) is 18.2 Å². The Labute approximate surface area is 168 Å². The summed E-state index contributed by atoms with van der Waals surface area (Å²) in [4.78, 5) is 17.0. The molecule has 0 unspecified atom stereocenters. The summed E-state index contributed by atoms with van der Waals surface area (Å²) in [5, 5.41) is 11.7. The van der Waals surface area contributed by atoms with Gasteiger partial charge in [0.2, 0.25) is 5.91 Å². The largest absolute Gasteiger partial charge is 0.351 e. The SMILES string of the molecule is Cc1ccc(N2C[C@H](NC(=O)Cc3ccc(C(C)C)cc3)[C@H](N(C)C)C2)nn1. The van der Waals surface area contributed by atoms with Gasteiger partial charge in [0, 0.05) is 19.1 Å². The highest BCUT2D eigenvalue weighted by molar-refractivity contribution is 5.79. The number of hydrogen-bond acceptors (Lipinski definition) is 5. The Morgan fingerprint density at radius 3 is 2.43 bits per heavy atom. The van der Waals surface area contributed by atoms with Crippen LogP contribution in [0.1, 0.15) is 36.6 Å². The van der Waals surface area contributed by atoms with E-state index in [1.807, 2.05) is 19.1 Å². The standard InChI is InChI=1S/C22H31N5O/c1-15(2)18-9-7-17(8-10-18)12-22(28)23-19-13-27(14-20(19)26(4)5)21-11-6-16(3)24-25-21/h6-11,15,19-20H,12-14H2,1-5H3,(H,23,28)/t19-,20+/m0/s1. The molecular weight excluding hydrogens is 350 g/mol. The smallest absolute Gasteiger partial charge is 0.224 e. The molecule has 6 heteroatoms. The molecule has 0 spiro atoms. The van der Waals surface area contributed by atoms with Crippen molar-refractivity contribution >= 4 is 11.7 Å². The molecule has 0 radical (unpaired) electrons. The molecule has 6 nitrogen and oxygen atoms in total. The summed E-state index contributed by atoms with van der Waals surface area (Å²) in [5.41, 5.74) is 3.24. The fourth-order valence-electron chi connectivity index (χ4n) is 3.66. The molecule has 2 heterocycles. The quantitative estimate of drug-likeness (QED) is 0.832. The molecule has 1 N–H and O–H groups in total. The zero-order chi connectivity index (χ0) is 20.3. The summed E-state index contributed by atoms with van der Waals surface area (Å²) in [7, 11) is 4.11. The monoisotopic (exact) mass is 381 g/mol. The summed E-state index contributed by atoms with van der Waals surface area (Å²) < 4.78 is 0. The van der Waals surface area contributed by atoms with Crippen LogP contribution in [0.2, 0.25) is 0 Å². The Kier molecular flexibility index (Phi) is 6.29. The second kappa shape index (κ2) is 8.69. The van der Waals surface area contributed by atoms with E-state index >= 15 is 0 Å². The van der Waals surface area contributed by atoms with Crippen LogP contribution >= 0.6 is 0 Å². The Morgan fingerprint density at radius 1 is 1.14 bits per heavy atom. The lowest BCUT2D eigenvalue weighted by atomic mass is 10.0. The maximum Gasteiger partial charge on any atom is 0.224 e. The van der Waals surface area contributed by atoms with Crippen molar-refractivity contribution in [2.45, 2.75) is 45.2 Å². The molecule has 150 valence electrons. The number of carbonyl (C=O) groups excluding carboxylic acids is 1. The van der Waals surface area contributed by atoms with Crippen molar-refractivity contribution < 1.29 is 4.79 Å². The maximum atomic E-state index is 12.7. The first-order valence-corrected chi connectivity index (χ1v) is 9.93. The van der Waals surface area contributed by atoms with E-state index in [1.165, 1.54) is 5.56 Å². The van der Waals surface area contributed by atoms with Crippen molar-refractivity contribution in [1.82, 2.24) is 20.4 Å². The number of nitrogens with one attached hydrogen (secondary N) is 1. The van der Waals surface area contributed by atoms with Gasteiger partial charge in [0.15, 0.2) is 5.82 Å². The molecule has 1 fully saturated rings. The Morgan fingerprint density at radius 2 is 1.86 bits per heavy atom. The van der Waals surface area contributed by atoms with Gasteiger partial charge < -0.3 is 15.1 Å². The second-order valence-corrected chi connectivity index (χ2v) is 8.22. The number of nitrogens with zero attached hydrogens (tertiary/aromatic N) is 4. The summed E-state index contributed by atoms with van der Waals surface area (Å²) in [5.74, 6) is 1.42. The first kappa shape index (κ1) is 20.3. The third-order valence-electron chi connectivity index (χ3n) is 5.42. The van der Waals surface area contributed by atoms with E-state index < -0.39 is 0 Å². The minimum atomic E-state index is 0.0561. The number of aromatic nitrogens is 2. The zero-order valence-corrected chi connectivity index (χ0v) is 17.5. The van der Waals surface area contributed by atoms with Crippen LogP contribution in [0, 0.1) is 6.92 Å². The molecule has 28 heavy (non-hydrogen) atoms. The normalized spacial score (nSPS) is 19.5. The summed E-state index contributed by atoms with van der Waals surface area (Å²) >= 11 is 0. The fraction of sp³-hybridized carbons (Fsp3) is 0.500. The van der Waals surface area contributed by atoms with Crippen LogP contribution in [0.5, 0.6) is 0 Å². The molecule has 0 saturated carbocycles. The number of likely N-dealkylation sites (N-methyl/N-ethyl adjacent to an activating group) is 1. The highest BCUT2D eigenvalue weighted by Crippen LogP contribution is 2.21. The number of hydrogen-bond donors (Lipinski definition) is 1. The summed E-state index contributed by atoms with van der Waals surface area (Å²) in [6.07, 6.45) is 0.402. The van der Waals surface area contributed by atoms with Gasteiger partial charge in [-0.05, 0) is 50.2 Å². The molecule has 2 aromatic rings. The summed E-state index contributed by atoms with van der Waals surface area (Å²) in [6, 6.07) is 12.6. The van der Waals surface area contributed by atoms with Crippen molar-refractivity contribution in [3.8, 4) is 0 Å². The lowest BCUT2D eigenvalue weighted by Crippen LogP contribution is -2.49. The Hall–Kier alpha value is -2.47. The van der Waals surface area contributed by atoms with E-state index in [0.717, 1.165) is 30.2 Å². The lowest BCUT2D eigenvalue weighted by molar-refractivity contribution is -0.121. The van der Waals surface area contributed by atoms with Crippen molar-refractivity contribution in [1.29, 1.82) is 0 Å². The van der Waals surface area contributed by atoms with E-state index in [0.29, 0.717) is 12.3 Å². The molecular formula is C22H31N5O. The van der Waals surface area contributed by atoms with Gasteiger partial charge in [-0.3, -0.25) is 4.79 Å². The molecule has 1 saturated heterocycles. The average Bonchev–Trinajstić information content (AvgIpc) is 3.06. The van der Waals surface area contributed by atoms with Gasteiger partial charge in [-0.25, -0.2) is 0 Å². The van der Waals surface area contributed by atoms with Crippen LogP contribution in [-0.2, 0) is 11.2 Å². The fourth-order valence-corrected chi connectivity index (χ4v) is 3.66. The first-order chi connectivity index (χ1) is 13.3. The van der Waals surface area contributed by atoms with Crippen LogP contribution in [0.25, 0.3) is 0 Å². The number of carbonyl (C=O) groups is 1. The minimum Gasteiger partial charge on any atom is -0.351 e. The van der Waals surface area contributed by atoms with Crippen LogP contribution < -0.4 is 10.2 Å². The topological polar surface area (TPSA) is 61.4 Å². The predicted octanol–water partition coefficient (Wildman–Crippen LogP) is 2.39. The molecule has 1 aliphatic rings. The van der Waals surface area contributed by atoms with Gasteiger partial charge in [0.1, 0.15) is 0 Å². The van der Waals surface area contributed by atoms with Crippen LogP contribution in [-0.4, -0.2) is 60.3 Å². The van der Waals surface area contributed by atoms with Gasteiger partial charge in [-0.15, -0.1) is 5.10 Å². The molecule has 1 aromatic heterocycles. The predicted molar refractivity (Wildman–Crippen MR) is 113 cm³/mol. The van der Waals surface area contributed by atoms with Crippen molar-refractivity contribution in [3.63, 3.8) is 0 Å². The molecule has 0 aliphatic carbocycles. The number of rotatable bonds is 6. The van der Waals surface area contributed by atoms with E-state index in [4.69, 9.17) is 0 Å². The minimum absolute atomic E-state index is 0.0561. The molecule has 1 aliphatic heterocycles. The van der Waals surface area contributed by atoms with Gasteiger partial charge >= 0.3 is 0 Å². The van der Waals surface area contributed by atoms with Crippen LogP contribution in [0.3, 0.4) is 0 Å². The zero-order valence-electron chi connectivity index (χ0n) is 17.5. The second-order valence-electron chi connectivity index (χ2n) is 8.22. The van der Waals surface area contributed by atoms with Crippen LogP contribution in [0.15, 0.2) is 36.4 Å². The highest BCUT2D eigenvalue weighted by atomic mass is 16.1. The Balaban J connectivity index is 1.63. The van der Waals surface area contributed by atoms with Gasteiger partial charge in [0.25, 0.3) is 0 Å². The van der Waals surface area contributed by atoms with E-state index in [1.54, 1.807) is 0 Å². The Bertz CT molecular complexity index is 786. The van der Waals surface area contributed by atoms with Gasteiger partial charge in [-0.1, -0.05) is 38.1 Å². The third-order valence-corrected chi connectivity index (χ3v) is 5.42. The molecule has 0 bridgehead atoms. The molecule has 1 amide bonds. The highest BCUT2D eigenvalue weighted by Gasteiger charge is 2.35. The average molecular weight is 382 g/mol. The van der Waals surface area contributed by atoms with E-state index in [-0.39, 0.29) is 18.0 Å². The van der Waals surface area contributed by atoms with E-state index in [2.05, 4.69) is 77.5 Å². The van der Waals surface area contributed by atoms with Crippen molar-refractivity contribution in [3.05, 3.63) is 53.2 Å².